The van der Waals surface area contributed by atoms with Crippen LogP contribution in [0.3, 0.4) is 0 Å². The number of hydrogen-bond acceptors (Lipinski definition) is 3. The highest BCUT2D eigenvalue weighted by atomic mass is 32.2. The number of allylic oxidation sites excluding steroid dienone is 1. The fraction of sp³-hybridized carbons (Fsp3) is 0.800. The van der Waals surface area contributed by atoms with Gasteiger partial charge in [-0.1, -0.05) is 76.9 Å². The second kappa shape index (κ2) is 17.8. The molecule has 0 aliphatic heterocycles. The summed E-state index contributed by atoms with van der Waals surface area (Å²) in [5.41, 5.74) is 0. The van der Waals surface area contributed by atoms with Crippen LogP contribution < -0.4 is 0 Å². The molecule has 0 bridgehead atoms. The van der Waals surface area contributed by atoms with Gasteiger partial charge in [-0.25, -0.2) is 0 Å². The molecule has 0 aliphatic rings. The van der Waals surface area contributed by atoms with Crippen LogP contribution in [0, 0.1) is 0 Å². The Morgan fingerprint density at radius 3 is 1.96 bits per heavy atom. The quantitative estimate of drug-likeness (QED) is 0.231. The first-order valence-corrected chi connectivity index (χ1v) is 10.8. The summed E-state index contributed by atoms with van der Waals surface area (Å²) in [4.78, 5) is 21.3. The average Bonchev–Trinajstić information content (AvgIpc) is 2.57. The van der Waals surface area contributed by atoms with Crippen LogP contribution in [0.2, 0.25) is 0 Å². The Balaban J connectivity index is 3.68. The van der Waals surface area contributed by atoms with Crippen LogP contribution >= 0.6 is 11.8 Å². The van der Waals surface area contributed by atoms with Crippen molar-refractivity contribution in [3.63, 3.8) is 0 Å². The lowest BCUT2D eigenvalue weighted by Gasteiger charge is -2.09. The van der Waals surface area contributed by atoms with Crippen LogP contribution in [-0.2, 0) is 9.59 Å². The van der Waals surface area contributed by atoms with Gasteiger partial charge in [0.2, 0.25) is 0 Å². The van der Waals surface area contributed by atoms with Gasteiger partial charge >= 0.3 is 11.9 Å². The highest BCUT2D eigenvalue weighted by Gasteiger charge is 2.10. The van der Waals surface area contributed by atoms with Crippen molar-refractivity contribution in [1.29, 1.82) is 0 Å². The Kier molecular flexibility index (Phi) is 17.1. The Bertz CT molecular complexity index is 351. The fourth-order valence-corrected chi connectivity index (χ4v) is 3.54. The van der Waals surface area contributed by atoms with Crippen molar-refractivity contribution >= 4 is 23.7 Å². The van der Waals surface area contributed by atoms with Crippen LogP contribution in [-0.4, -0.2) is 33.2 Å². The van der Waals surface area contributed by atoms with E-state index in [1.807, 2.05) is 6.08 Å². The normalized spacial score (nSPS) is 12.5. The number of carboxylic acid groups (broad SMARTS) is 2. The smallest absolute Gasteiger partial charge is 0.313 e. The lowest BCUT2D eigenvalue weighted by atomic mass is 10.1. The van der Waals surface area contributed by atoms with Crippen LogP contribution in [0.25, 0.3) is 0 Å². The number of hydrogen-bond donors (Lipinski definition) is 2. The van der Waals surface area contributed by atoms with Crippen molar-refractivity contribution in [2.75, 3.05) is 5.75 Å². The first-order chi connectivity index (χ1) is 12.1. The maximum Gasteiger partial charge on any atom is 0.313 e. The molecule has 1 unspecified atom stereocenters. The summed E-state index contributed by atoms with van der Waals surface area (Å²) in [6.45, 7) is 2.24. The van der Waals surface area contributed by atoms with Crippen molar-refractivity contribution in [3.05, 3.63) is 12.2 Å². The van der Waals surface area contributed by atoms with E-state index in [1.165, 1.54) is 69.5 Å². The molecular formula is C20H36O4S. The van der Waals surface area contributed by atoms with Gasteiger partial charge in [0.25, 0.3) is 0 Å². The summed E-state index contributed by atoms with van der Waals surface area (Å²) in [6, 6.07) is 0. The fourth-order valence-electron chi connectivity index (χ4n) is 2.68. The van der Waals surface area contributed by atoms with Crippen LogP contribution in [0.15, 0.2) is 12.2 Å². The van der Waals surface area contributed by atoms with Crippen LogP contribution in [0.4, 0.5) is 0 Å². The van der Waals surface area contributed by atoms with Gasteiger partial charge in [-0.3, -0.25) is 9.59 Å². The number of unbranched alkanes of at least 4 members (excludes halogenated alkanes) is 10. The standard InChI is InChI=1S/C20H36O4S/c1-2-3-4-5-6-7-8-9-10-11-12-13-14-18(15-16-19(21)22)25-17-20(23)24/h13-14,18H,2-12,15-17H2,1H3,(H,21,22)(H,23,24). The van der Waals surface area contributed by atoms with Gasteiger partial charge in [-0.15, -0.1) is 11.8 Å². The lowest BCUT2D eigenvalue weighted by molar-refractivity contribution is -0.137. The molecule has 5 heteroatoms. The molecule has 2 N–H and O–H groups in total. The molecule has 0 heterocycles. The predicted molar refractivity (Wildman–Crippen MR) is 106 cm³/mol. The molecule has 0 spiro atoms. The Labute approximate surface area is 157 Å². The number of carboxylic acids is 2. The summed E-state index contributed by atoms with van der Waals surface area (Å²) in [5, 5.41) is 17.5. The molecule has 0 rings (SSSR count). The van der Waals surface area contributed by atoms with Crippen molar-refractivity contribution < 1.29 is 19.8 Å². The molecular weight excluding hydrogens is 336 g/mol. The highest BCUT2D eigenvalue weighted by molar-refractivity contribution is 8.00. The molecule has 0 aromatic rings. The number of rotatable bonds is 18. The molecule has 25 heavy (non-hydrogen) atoms. The summed E-state index contributed by atoms with van der Waals surface area (Å²) in [6.07, 6.45) is 18.8. The van der Waals surface area contributed by atoms with Crippen molar-refractivity contribution in [1.82, 2.24) is 0 Å². The van der Waals surface area contributed by atoms with Crippen LogP contribution in [0.1, 0.15) is 90.4 Å². The SMILES string of the molecule is CCCCCCCCCCCCC=CC(CCC(=O)O)SCC(=O)O. The van der Waals surface area contributed by atoms with Gasteiger partial charge in [0.15, 0.2) is 0 Å². The van der Waals surface area contributed by atoms with E-state index < -0.39 is 11.9 Å². The number of aliphatic carboxylic acids is 2. The summed E-state index contributed by atoms with van der Waals surface area (Å²) in [5.74, 6) is -1.66. The Morgan fingerprint density at radius 2 is 1.44 bits per heavy atom. The third-order valence-corrected chi connectivity index (χ3v) is 5.37. The zero-order chi connectivity index (χ0) is 18.8. The molecule has 0 amide bonds. The average molecular weight is 373 g/mol. The van der Waals surface area contributed by atoms with E-state index in [1.54, 1.807) is 0 Å². The van der Waals surface area contributed by atoms with Gasteiger partial charge in [0.05, 0.1) is 5.75 Å². The molecule has 146 valence electrons. The van der Waals surface area contributed by atoms with Crippen LogP contribution in [0.5, 0.6) is 0 Å². The predicted octanol–water partition coefficient (Wildman–Crippen LogP) is 5.90. The summed E-state index contributed by atoms with van der Waals surface area (Å²) >= 11 is 1.30. The van der Waals surface area contributed by atoms with Gasteiger partial charge < -0.3 is 10.2 Å². The van der Waals surface area contributed by atoms with Gasteiger partial charge in [0.1, 0.15) is 0 Å². The van der Waals surface area contributed by atoms with E-state index in [-0.39, 0.29) is 17.4 Å². The first-order valence-electron chi connectivity index (χ1n) is 9.78. The maximum atomic E-state index is 10.7. The van der Waals surface area contributed by atoms with E-state index in [2.05, 4.69) is 13.0 Å². The number of carbonyl (C=O) groups is 2. The zero-order valence-electron chi connectivity index (χ0n) is 15.8. The monoisotopic (exact) mass is 372 g/mol. The zero-order valence-corrected chi connectivity index (χ0v) is 16.6. The molecule has 0 aliphatic carbocycles. The third kappa shape index (κ3) is 19.2. The van der Waals surface area contributed by atoms with Gasteiger partial charge in [0, 0.05) is 11.7 Å². The van der Waals surface area contributed by atoms with Gasteiger partial charge in [-0.05, 0) is 19.3 Å². The van der Waals surface area contributed by atoms with E-state index in [0.29, 0.717) is 6.42 Å². The first kappa shape index (κ1) is 24.0. The van der Waals surface area contributed by atoms with Crippen molar-refractivity contribution in [3.8, 4) is 0 Å². The minimum absolute atomic E-state index is 0.0182. The van der Waals surface area contributed by atoms with Crippen molar-refractivity contribution in [2.45, 2.75) is 95.6 Å². The maximum absolute atomic E-state index is 10.7. The van der Waals surface area contributed by atoms with Gasteiger partial charge in [-0.2, -0.15) is 0 Å². The highest BCUT2D eigenvalue weighted by Crippen LogP contribution is 2.19. The molecule has 0 fully saturated rings. The molecule has 0 aromatic carbocycles. The number of thioether (sulfide) groups is 1. The molecule has 0 aromatic heterocycles. The molecule has 0 saturated carbocycles. The van der Waals surface area contributed by atoms with E-state index in [0.717, 1.165) is 12.8 Å². The molecule has 0 saturated heterocycles. The molecule has 0 radical (unpaired) electrons. The topological polar surface area (TPSA) is 74.6 Å². The van der Waals surface area contributed by atoms with E-state index in [9.17, 15) is 9.59 Å². The Hall–Kier alpha value is -0.970. The Morgan fingerprint density at radius 1 is 0.880 bits per heavy atom. The molecule has 4 nitrogen and oxygen atoms in total. The largest absolute Gasteiger partial charge is 0.481 e. The lowest BCUT2D eigenvalue weighted by Crippen LogP contribution is -2.08. The minimum Gasteiger partial charge on any atom is -0.481 e. The van der Waals surface area contributed by atoms with E-state index in [4.69, 9.17) is 10.2 Å². The third-order valence-electron chi connectivity index (χ3n) is 4.14. The minimum atomic E-state index is -0.853. The summed E-state index contributed by atoms with van der Waals surface area (Å²) < 4.78 is 0. The second-order valence-electron chi connectivity index (χ2n) is 6.57. The van der Waals surface area contributed by atoms with Crippen molar-refractivity contribution in [2.24, 2.45) is 0 Å². The molecule has 1 atom stereocenters. The van der Waals surface area contributed by atoms with E-state index >= 15 is 0 Å². The second-order valence-corrected chi connectivity index (χ2v) is 7.80. The summed E-state index contributed by atoms with van der Waals surface area (Å²) in [7, 11) is 0.